The standard InChI is InChI=1S/C46H89N2O6P/c1-6-8-10-12-14-16-18-19-20-21-22-23-24-25-26-27-28-30-32-34-36-38-40-46(50)47-44(43-54-55(51,52)53-42-41-48(3,4)5)45(49)39-37-35-33-31-29-17-15-13-11-9-7-2/h11,13,29,31,37,39,44-45,49H,6-10,12,14-28,30,32-36,38,40-43H2,1-5H3,(H-,47,50,51,52)/p+1/b13-11+,31-29+,39-37+. The van der Waals surface area contributed by atoms with Crippen LogP contribution in [0.4, 0.5) is 0 Å². The highest BCUT2D eigenvalue weighted by atomic mass is 31.2. The maximum atomic E-state index is 12.9. The summed E-state index contributed by atoms with van der Waals surface area (Å²) in [6, 6.07) is -0.864. The molecule has 55 heavy (non-hydrogen) atoms. The maximum Gasteiger partial charge on any atom is 0.472 e. The van der Waals surface area contributed by atoms with E-state index in [2.05, 4.69) is 43.5 Å². The van der Waals surface area contributed by atoms with Gasteiger partial charge >= 0.3 is 7.82 Å². The summed E-state index contributed by atoms with van der Waals surface area (Å²) in [6.07, 6.45) is 46.6. The third-order valence-corrected chi connectivity index (χ3v) is 11.1. The van der Waals surface area contributed by atoms with Gasteiger partial charge in [0.05, 0.1) is 39.9 Å². The molecule has 0 aliphatic carbocycles. The van der Waals surface area contributed by atoms with E-state index in [-0.39, 0.29) is 19.1 Å². The molecule has 0 radical (unpaired) electrons. The number of aliphatic hydroxyl groups excluding tert-OH is 1. The second-order valence-corrected chi connectivity index (χ2v) is 18.2. The summed E-state index contributed by atoms with van der Waals surface area (Å²) < 4.78 is 23.5. The third-order valence-electron chi connectivity index (χ3n) is 10.1. The van der Waals surface area contributed by atoms with E-state index < -0.39 is 20.0 Å². The first-order chi connectivity index (χ1) is 26.5. The fourth-order valence-electron chi connectivity index (χ4n) is 6.43. The molecule has 0 bridgehead atoms. The molecule has 324 valence electrons. The number of rotatable bonds is 41. The molecule has 0 aliphatic heterocycles. The maximum absolute atomic E-state index is 12.9. The summed E-state index contributed by atoms with van der Waals surface area (Å²) in [7, 11) is 1.55. The number of nitrogens with zero attached hydrogens (tertiary/aromatic N) is 1. The van der Waals surface area contributed by atoms with Crippen molar-refractivity contribution in [1.29, 1.82) is 0 Å². The van der Waals surface area contributed by atoms with E-state index in [9.17, 15) is 19.4 Å². The molecule has 0 saturated heterocycles. The van der Waals surface area contributed by atoms with Crippen molar-refractivity contribution in [2.24, 2.45) is 0 Å². The van der Waals surface area contributed by atoms with Gasteiger partial charge in [0.15, 0.2) is 0 Å². The highest BCUT2D eigenvalue weighted by molar-refractivity contribution is 7.47. The lowest BCUT2D eigenvalue weighted by molar-refractivity contribution is -0.870. The fourth-order valence-corrected chi connectivity index (χ4v) is 7.17. The van der Waals surface area contributed by atoms with Crippen LogP contribution >= 0.6 is 7.82 Å². The predicted molar refractivity (Wildman–Crippen MR) is 235 cm³/mol. The predicted octanol–water partition coefficient (Wildman–Crippen LogP) is 12.7. The van der Waals surface area contributed by atoms with Crippen molar-refractivity contribution in [2.45, 2.75) is 212 Å². The summed E-state index contributed by atoms with van der Waals surface area (Å²) in [5.41, 5.74) is 0. The zero-order chi connectivity index (χ0) is 40.7. The van der Waals surface area contributed by atoms with Crippen molar-refractivity contribution >= 4 is 13.7 Å². The summed E-state index contributed by atoms with van der Waals surface area (Å²) in [6.45, 7) is 4.71. The number of quaternary nitrogens is 1. The molecule has 3 atom stereocenters. The Morgan fingerprint density at radius 3 is 1.42 bits per heavy atom. The topological polar surface area (TPSA) is 105 Å². The zero-order valence-electron chi connectivity index (χ0n) is 36.7. The molecule has 8 nitrogen and oxygen atoms in total. The number of unbranched alkanes of at least 4 members (excludes halogenated alkanes) is 24. The average molecular weight is 798 g/mol. The lowest BCUT2D eigenvalue weighted by atomic mass is 10.0. The molecular formula is C46H90N2O6P+. The Morgan fingerprint density at radius 2 is 1.00 bits per heavy atom. The SMILES string of the molecule is CCC/C=C/CC/C=C/CC/C=C/C(O)C(COP(=O)(O)OCC[N+](C)(C)C)NC(=O)CCCCCCCCCCCCCCCCCCCCCCCC. The van der Waals surface area contributed by atoms with Crippen LogP contribution in [0.5, 0.6) is 0 Å². The van der Waals surface area contributed by atoms with Gasteiger partial charge in [-0.05, 0) is 38.5 Å². The van der Waals surface area contributed by atoms with Crippen molar-refractivity contribution < 1.29 is 32.9 Å². The van der Waals surface area contributed by atoms with E-state index in [1.807, 2.05) is 27.2 Å². The monoisotopic (exact) mass is 798 g/mol. The van der Waals surface area contributed by atoms with E-state index in [0.717, 1.165) is 51.4 Å². The van der Waals surface area contributed by atoms with E-state index >= 15 is 0 Å². The molecule has 9 heteroatoms. The molecular weight excluding hydrogens is 707 g/mol. The van der Waals surface area contributed by atoms with Gasteiger partial charge in [0, 0.05) is 6.42 Å². The molecule has 3 N–H and O–H groups in total. The highest BCUT2D eigenvalue weighted by Gasteiger charge is 2.27. The molecule has 1 amide bonds. The number of carbonyl (C=O) groups excluding carboxylic acids is 1. The van der Waals surface area contributed by atoms with Gasteiger partial charge in [-0.2, -0.15) is 0 Å². The number of aliphatic hydroxyl groups is 1. The number of allylic oxidation sites excluding steroid dienone is 5. The van der Waals surface area contributed by atoms with Gasteiger partial charge in [0.2, 0.25) is 5.91 Å². The average Bonchev–Trinajstić information content (AvgIpc) is 3.13. The summed E-state index contributed by atoms with van der Waals surface area (Å²) in [5.74, 6) is -0.191. The van der Waals surface area contributed by atoms with Gasteiger partial charge in [-0.15, -0.1) is 0 Å². The molecule has 0 aromatic carbocycles. The molecule has 0 fully saturated rings. The number of nitrogens with one attached hydrogen (secondary N) is 1. The van der Waals surface area contributed by atoms with Crippen molar-refractivity contribution in [3.05, 3.63) is 36.5 Å². The molecule has 0 aromatic heterocycles. The minimum absolute atomic E-state index is 0.0544. The van der Waals surface area contributed by atoms with Crippen molar-refractivity contribution in [2.75, 3.05) is 40.9 Å². The van der Waals surface area contributed by atoms with Gasteiger partial charge in [0.25, 0.3) is 0 Å². The molecule has 0 rings (SSSR count). The molecule has 0 aromatic rings. The Hall–Kier alpha value is -1.28. The minimum atomic E-state index is -4.34. The van der Waals surface area contributed by atoms with Gasteiger partial charge < -0.3 is 19.8 Å². The first kappa shape index (κ1) is 53.7. The molecule has 0 saturated carbocycles. The van der Waals surface area contributed by atoms with Gasteiger partial charge in [0.1, 0.15) is 13.2 Å². The Morgan fingerprint density at radius 1 is 0.600 bits per heavy atom. The lowest BCUT2D eigenvalue weighted by Gasteiger charge is -2.25. The second-order valence-electron chi connectivity index (χ2n) is 16.8. The first-order valence-electron chi connectivity index (χ1n) is 22.9. The third kappa shape index (κ3) is 40.7. The van der Waals surface area contributed by atoms with Crippen LogP contribution in [0.25, 0.3) is 0 Å². The Bertz CT molecular complexity index is 995. The minimum Gasteiger partial charge on any atom is -0.387 e. The number of carbonyl (C=O) groups is 1. The summed E-state index contributed by atoms with van der Waals surface area (Å²) in [4.78, 5) is 23.1. The van der Waals surface area contributed by atoms with Crippen LogP contribution in [-0.4, -0.2) is 73.4 Å². The van der Waals surface area contributed by atoms with Crippen LogP contribution in [0, 0.1) is 0 Å². The number of amides is 1. The summed E-state index contributed by atoms with van der Waals surface area (Å²) in [5, 5.41) is 13.8. The Kier molecular flexibility index (Phi) is 37.4. The zero-order valence-corrected chi connectivity index (χ0v) is 37.6. The normalized spacial score (nSPS) is 14.7. The van der Waals surface area contributed by atoms with E-state index in [0.29, 0.717) is 17.4 Å². The lowest BCUT2D eigenvalue weighted by Crippen LogP contribution is -2.45. The van der Waals surface area contributed by atoms with Gasteiger partial charge in [-0.25, -0.2) is 4.57 Å². The van der Waals surface area contributed by atoms with Gasteiger partial charge in [-0.3, -0.25) is 13.8 Å². The summed E-state index contributed by atoms with van der Waals surface area (Å²) >= 11 is 0. The second kappa shape index (κ2) is 38.2. The van der Waals surface area contributed by atoms with Crippen LogP contribution in [0.3, 0.4) is 0 Å². The van der Waals surface area contributed by atoms with E-state index in [1.54, 1.807) is 6.08 Å². The first-order valence-corrected chi connectivity index (χ1v) is 24.4. The fraction of sp³-hybridized carbons (Fsp3) is 0.848. The van der Waals surface area contributed by atoms with Crippen molar-refractivity contribution in [3.8, 4) is 0 Å². The van der Waals surface area contributed by atoms with Crippen LogP contribution in [-0.2, 0) is 18.4 Å². The van der Waals surface area contributed by atoms with Crippen LogP contribution in [0.15, 0.2) is 36.5 Å². The Balaban J connectivity index is 4.27. The van der Waals surface area contributed by atoms with Crippen molar-refractivity contribution in [3.63, 3.8) is 0 Å². The number of likely N-dealkylation sites (N-methyl/N-ethyl adjacent to an activating group) is 1. The van der Waals surface area contributed by atoms with Crippen LogP contribution in [0.2, 0.25) is 0 Å². The molecule has 3 unspecified atom stereocenters. The van der Waals surface area contributed by atoms with Crippen LogP contribution < -0.4 is 5.32 Å². The molecule has 0 heterocycles. The number of phosphoric acid groups is 1. The number of phosphoric ester groups is 1. The van der Waals surface area contributed by atoms with E-state index in [1.165, 1.54) is 128 Å². The molecule has 0 aliphatic rings. The number of hydrogen-bond donors (Lipinski definition) is 3. The van der Waals surface area contributed by atoms with Crippen LogP contribution in [0.1, 0.15) is 200 Å². The Labute approximate surface area is 340 Å². The highest BCUT2D eigenvalue weighted by Crippen LogP contribution is 2.43. The molecule has 0 spiro atoms. The quantitative estimate of drug-likeness (QED) is 0.0246. The van der Waals surface area contributed by atoms with E-state index in [4.69, 9.17) is 9.05 Å². The largest absolute Gasteiger partial charge is 0.472 e. The van der Waals surface area contributed by atoms with Crippen molar-refractivity contribution in [1.82, 2.24) is 5.32 Å². The van der Waals surface area contributed by atoms with Gasteiger partial charge in [-0.1, -0.05) is 192 Å². The smallest absolute Gasteiger partial charge is 0.387 e. The number of hydrogen-bond acceptors (Lipinski definition) is 5.